The normalized spacial score (nSPS) is 33.9. The first kappa shape index (κ1) is 10.4. The van der Waals surface area contributed by atoms with Gasteiger partial charge in [0.2, 0.25) is 0 Å². The van der Waals surface area contributed by atoms with Gasteiger partial charge in [-0.3, -0.25) is 4.90 Å². The van der Waals surface area contributed by atoms with Crippen LogP contribution in [0.15, 0.2) is 0 Å². The van der Waals surface area contributed by atoms with E-state index in [0.717, 1.165) is 18.9 Å². The van der Waals surface area contributed by atoms with Crippen molar-refractivity contribution >= 4 is 0 Å². The standard InChI is InChI=1S/C12H23NO/c1-2-3-4-11-7-12(14)9-13(11)8-10-5-6-10/h10-12,14H,2-9H2,1H3. The van der Waals surface area contributed by atoms with Crippen molar-refractivity contribution in [2.75, 3.05) is 13.1 Å². The number of nitrogens with zero attached hydrogens (tertiary/aromatic N) is 1. The molecule has 1 aliphatic carbocycles. The van der Waals surface area contributed by atoms with Gasteiger partial charge in [0.05, 0.1) is 6.10 Å². The zero-order valence-corrected chi connectivity index (χ0v) is 9.28. The quantitative estimate of drug-likeness (QED) is 0.729. The maximum atomic E-state index is 9.66. The molecule has 2 rings (SSSR count). The molecule has 0 aromatic carbocycles. The highest BCUT2D eigenvalue weighted by Crippen LogP contribution is 2.33. The maximum absolute atomic E-state index is 9.66. The molecule has 2 fully saturated rings. The molecule has 0 aromatic rings. The Balaban J connectivity index is 1.78. The van der Waals surface area contributed by atoms with E-state index in [-0.39, 0.29) is 6.10 Å². The lowest BCUT2D eigenvalue weighted by Crippen LogP contribution is -2.31. The monoisotopic (exact) mass is 197 g/mol. The number of β-amino-alcohol motifs (C(OH)–C–C–N with tert-alkyl or cyclic N) is 1. The number of unbranched alkanes of at least 4 members (excludes halogenated alkanes) is 1. The Morgan fingerprint density at radius 2 is 2.14 bits per heavy atom. The van der Waals surface area contributed by atoms with E-state index >= 15 is 0 Å². The molecule has 1 N–H and O–H groups in total. The Morgan fingerprint density at radius 1 is 1.36 bits per heavy atom. The minimum absolute atomic E-state index is 0.0457. The minimum Gasteiger partial charge on any atom is -0.392 e. The van der Waals surface area contributed by atoms with Crippen molar-refractivity contribution in [1.29, 1.82) is 0 Å². The third kappa shape index (κ3) is 2.71. The molecule has 1 aliphatic heterocycles. The molecule has 82 valence electrons. The molecule has 1 heterocycles. The molecule has 2 heteroatoms. The molecule has 0 amide bonds. The van der Waals surface area contributed by atoms with Gasteiger partial charge >= 0.3 is 0 Å². The Hall–Kier alpha value is -0.0800. The number of hydrogen-bond donors (Lipinski definition) is 1. The molecule has 1 saturated carbocycles. The summed E-state index contributed by atoms with van der Waals surface area (Å²) in [5.74, 6) is 0.962. The van der Waals surface area contributed by atoms with Gasteiger partial charge in [-0.05, 0) is 31.6 Å². The van der Waals surface area contributed by atoms with E-state index in [0.29, 0.717) is 6.04 Å². The number of aliphatic hydroxyl groups excluding tert-OH is 1. The van der Waals surface area contributed by atoms with E-state index in [1.165, 1.54) is 38.6 Å². The van der Waals surface area contributed by atoms with Gasteiger partial charge in [-0.15, -0.1) is 0 Å². The van der Waals surface area contributed by atoms with E-state index in [4.69, 9.17) is 0 Å². The lowest BCUT2D eigenvalue weighted by atomic mass is 10.1. The summed E-state index contributed by atoms with van der Waals surface area (Å²) in [5, 5.41) is 9.66. The molecule has 2 unspecified atom stereocenters. The second kappa shape index (κ2) is 4.63. The van der Waals surface area contributed by atoms with E-state index in [9.17, 15) is 5.11 Å². The van der Waals surface area contributed by atoms with Crippen molar-refractivity contribution in [2.45, 2.75) is 57.6 Å². The van der Waals surface area contributed by atoms with Crippen molar-refractivity contribution in [3.05, 3.63) is 0 Å². The van der Waals surface area contributed by atoms with E-state index in [1.54, 1.807) is 0 Å². The summed E-state index contributed by atoms with van der Waals surface area (Å²) < 4.78 is 0. The van der Waals surface area contributed by atoms with Gasteiger partial charge < -0.3 is 5.11 Å². The minimum atomic E-state index is -0.0457. The van der Waals surface area contributed by atoms with Gasteiger partial charge in [0.15, 0.2) is 0 Å². The summed E-state index contributed by atoms with van der Waals surface area (Å²) >= 11 is 0. The smallest absolute Gasteiger partial charge is 0.0682 e. The fraction of sp³-hybridized carbons (Fsp3) is 1.00. The summed E-state index contributed by atoms with van der Waals surface area (Å²) in [6.45, 7) is 4.44. The topological polar surface area (TPSA) is 23.5 Å². The molecule has 2 atom stereocenters. The molecular formula is C12H23NO. The Kier molecular flexibility index (Phi) is 3.45. The van der Waals surface area contributed by atoms with Crippen molar-refractivity contribution < 1.29 is 5.11 Å². The summed E-state index contributed by atoms with van der Waals surface area (Å²) in [4.78, 5) is 2.54. The second-order valence-corrected chi connectivity index (χ2v) is 5.08. The lowest BCUT2D eigenvalue weighted by Gasteiger charge is -2.23. The number of rotatable bonds is 5. The summed E-state index contributed by atoms with van der Waals surface area (Å²) in [6.07, 6.45) is 7.71. The zero-order chi connectivity index (χ0) is 9.97. The first-order chi connectivity index (χ1) is 6.79. The SMILES string of the molecule is CCCCC1CC(O)CN1CC1CC1. The van der Waals surface area contributed by atoms with Crippen molar-refractivity contribution in [1.82, 2.24) is 4.90 Å². The van der Waals surface area contributed by atoms with Crippen LogP contribution in [0.2, 0.25) is 0 Å². The zero-order valence-electron chi connectivity index (χ0n) is 9.28. The molecular weight excluding hydrogens is 174 g/mol. The van der Waals surface area contributed by atoms with Crippen LogP contribution in [0.25, 0.3) is 0 Å². The van der Waals surface area contributed by atoms with Crippen molar-refractivity contribution in [3.63, 3.8) is 0 Å². The van der Waals surface area contributed by atoms with Crippen LogP contribution in [0.5, 0.6) is 0 Å². The summed E-state index contributed by atoms with van der Waals surface area (Å²) in [5.41, 5.74) is 0. The maximum Gasteiger partial charge on any atom is 0.0682 e. The van der Waals surface area contributed by atoms with Crippen LogP contribution in [-0.2, 0) is 0 Å². The highest BCUT2D eigenvalue weighted by atomic mass is 16.3. The van der Waals surface area contributed by atoms with Crippen LogP contribution in [-0.4, -0.2) is 35.2 Å². The first-order valence-corrected chi connectivity index (χ1v) is 6.21. The number of aliphatic hydroxyl groups is 1. The Bertz CT molecular complexity index is 179. The largest absolute Gasteiger partial charge is 0.392 e. The molecule has 0 radical (unpaired) electrons. The van der Waals surface area contributed by atoms with Crippen molar-refractivity contribution in [3.8, 4) is 0 Å². The predicted octanol–water partition coefficient (Wildman–Crippen LogP) is 2.02. The van der Waals surface area contributed by atoms with E-state index < -0.39 is 0 Å². The number of likely N-dealkylation sites (tertiary alicyclic amines) is 1. The van der Waals surface area contributed by atoms with Crippen LogP contribution >= 0.6 is 0 Å². The fourth-order valence-corrected chi connectivity index (χ4v) is 2.55. The molecule has 0 spiro atoms. The van der Waals surface area contributed by atoms with Gasteiger partial charge in [-0.2, -0.15) is 0 Å². The van der Waals surface area contributed by atoms with Gasteiger partial charge in [0.1, 0.15) is 0 Å². The fourth-order valence-electron chi connectivity index (χ4n) is 2.55. The first-order valence-electron chi connectivity index (χ1n) is 6.21. The molecule has 0 aromatic heterocycles. The third-order valence-corrected chi connectivity index (χ3v) is 3.59. The highest BCUT2D eigenvalue weighted by molar-refractivity contribution is 4.88. The Labute approximate surface area is 87.3 Å². The predicted molar refractivity (Wildman–Crippen MR) is 58.2 cm³/mol. The highest BCUT2D eigenvalue weighted by Gasteiger charge is 2.34. The molecule has 0 bridgehead atoms. The van der Waals surface area contributed by atoms with E-state index in [2.05, 4.69) is 11.8 Å². The molecule has 2 nitrogen and oxygen atoms in total. The molecule has 14 heavy (non-hydrogen) atoms. The third-order valence-electron chi connectivity index (χ3n) is 3.59. The summed E-state index contributed by atoms with van der Waals surface area (Å²) in [7, 11) is 0. The van der Waals surface area contributed by atoms with Gasteiger partial charge in [-0.25, -0.2) is 0 Å². The van der Waals surface area contributed by atoms with Crippen LogP contribution in [0.3, 0.4) is 0 Å². The van der Waals surface area contributed by atoms with Gasteiger partial charge in [0, 0.05) is 19.1 Å². The van der Waals surface area contributed by atoms with Crippen LogP contribution < -0.4 is 0 Å². The molecule has 1 saturated heterocycles. The second-order valence-electron chi connectivity index (χ2n) is 5.08. The van der Waals surface area contributed by atoms with Gasteiger partial charge in [-0.1, -0.05) is 19.8 Å². The van der Waals surface area contributed by atoms with Crippen molar-refractivity contribution in [2.24, 2.45) is 5.92 Å². The summed E-state index contributed by atoms with van der Waals surface area (Å²) in [6, 6.07) is 0.686. The van der Waals surface area contributed by atoms with Gasteiger partial charge in [0.25, 0.3) is 0 Å². The average Bonchev–Trinajstić information content (AvgIpc) is 2.88. The average molecular weight is 197 g/mol. The van der Waals surface area contributed by atoms with Crippen LogP contribution in [0.1, 0.15) is 45.4 Å². The number of hydrogen-bond acceptors (Lipinski definition) is 2. The lowest BCUT2D eigenvalue weighted by molar-refractivity contribution is 0.172. The molecule has 2 aliphatic rings. The van der Waals surface area contributed by atoms with Crippen LogP contribution in [0, 0.1) is 5.92 Å². The Morgan fingerprint density at radius 3 is 2.79 bits per heavy atom. The van der Waals surface area contributed by atoms with E-state index in [1.807, 2.05) is 0 Å². The van der Waals surface area contributed by atoms with Crippen LogP contribution in [0.4, 0.5) is 0 Å².